The van der Waals surface area contributed by atoms with E-state index >= 15 is 0 Å². The van der Waals surface area contributed by atoms with E-state index < -0.39 is 6.10 Å². The molecule has 1 aromatic heterocycles. The van der Waals surface area contributed by atoms with Gasteiger partial charge in [-0.2, -0.15) is 5.10 Å². The number of nitrogens with zero attached hydrogens (tertiary/aromatic N) is 2. The standard InChI is InChI=1S/C10H12N4O3S/c11-9(18)7-5-14(3-4-17-7)10(16)6-1-2-8(15)13-12-6/h1-2,7H,3-5H2,(H2,11,18)(H,13,15). The molecule has 18 heavy (non-hydrogen) atoms. The van der Waals surface area contributed by atoms with Crippen molar-refractivity contribution in [3.8, 4) is 0 Å². The lowest BCUT2D eigenvalue weighted by Crippen LogP contribution is -2.50. The van der Waals surface area contributed by atoms with Crippen molar-refractivity contribution in [2.45, 2.75) is 6.10 Å². The van der Waals surface area contributed by atoms with Gasteiger partial charge in [0, 0.05) is 12.6 Å². The van der Waals surface area contributed by atoms with Crippen LogP contribution < -0.4 is 11.3 Å². The van der Waals surface area contributed by atoms with Gasteiger partial charge in [-0.1, -0.05) is 12.2 Å². The minimum absolute atomic E-state index is 0.179. The van der Waals surface area contributed by atoms with Crippen molar-refractivity contribution >= 4 is 23.1 Å². The molecule has 96 valence electrons. The molecule has 8 heteroatoms. The number of hydrogen-bond donors (Lipinski definition) is 2. The minimum atomic E-state index is -0.430. The van der Waals surface area contributed by atoms with E-state index in [0.717, 1.165) is 0 Å². The Balaban J connectivity index is 2.11. The molecule has 1 amide bonds. The number of H-pyrrole nitrogens is 1. The number of carbonyl (C=O) groups is 1. The lowest BCUT2D eigenvalue weighted by Gasteiger charge is -2.32. The number of carbonyl (C=O) groups excluding carboxylic acids is 1. The summed E-state index contributed by atoms with van der Waals surface area (Å²) in [6.07, 6.45) is -0.430. The number of aromatic nitrogens is 2. The molecule has 0 aromatic carbocycles. The highest BCUT2D eigenvalue weighted by molar-refractivity contribution is 7.80. The van der Waals surface area contributed by atoms with Gasteiger partial charge in [0.05, 0.1) is 13.2 Å². The van der Waals surface area contributed by atoms with Gasteiger partial charge < -0.3 is 15.4 Å². The Kier molecular flexibility index (Phi) is 3.68. The highest BCUT2D eigenvalue weighted by Gasteiger charge is 2.27. The lowest BCUT2D eigenvalue weighted by molar-refractivity contribution is 0.00844. The van der Waals surface area contributed by atoms with Crippen molar-refractivity contribution in [2.75, 3.05) is 19.7 Å². The third kappa shape index (κ3) is 2.71. The van der Waals surface area contributed by atoms with Gasteiger partial charge >= 0.3 is 0 Å². The average molecular weight is 268 g/mol. The second kappa shape index (κ2) is 5.23. The summed E-state index contributed by atoms with van der Waals surface area (Å²) < 4.78 is 5.34. The highest BCUT2D eigenvalue weighted by Crippen LogP contribution is 2.08. The van der Waals surface area contributed by atoms with Gasteiger partial charge in [0.1, 0.15) is 16.8 Å². The second-order valence-electron chi connectivity index (χ2n) is 3.82. The Hall–Kier alpha value is -1.80. The molecule has 0 bridgehead atoms. The quantitative estimate of drug-likeness (QED) is 0.660. The maximum Gasteiger partial charge on any atom is 0.274 e. The topological polar surface area (TPSA) is 101 Å². The van der Waals surface area contributed by atoms with Crippen molar-refractivity contribution in [1.82, 2.24) is 15.1 Å². The van der Waals surface area contributed by atoms with E-state index in [-0.39, 0.29) is 22.1 Å². The van der Waals surface area contributed by atoms with Crippen LogP contribution in [0, 0.1) is 0 Å². The lowest BCUT2D eigenvalue weighted by atomic mass is 10.2. The summed E-state index contributed by atoms with van der Waals surface area (Å²) >= 11 is 4.84. The van der Waals surface area contributed by atoms with Crippen molar-refractivity contribution in [3.63, 3.8) is 0 Å². The molecule has 1 aliphatic heterocycles. The number of aromatic amines is 1. The molecular weight excluding hydrogens is 256 g/mol. The van der Waals surface area contributed by atoms with E-state index in [0.29, 0.717) is 19.7 Å². The van der Waals surface area contributed by atoms with Crippen LogP contribution in [0.2, 0.25) is 0 Å². The number of ether oxygens (including phenoxy) is 1. The first kappa shape index (κ1) is 12.7. The Morgan fingerprint density at radius 2 is 2.39 bits per heavy atom. The molecule has 1 unspecified atom stereocenters. The molecule has 3 N–H and O–H groups in total. The Bertz CT molecular complexity index is 510. The van der Waals surface area contributed by atoms with Gasteiger partial charge in [-0.3, -0.25) is 9.59 Å². The van der Waals surface area contributed by atoms with Gasteiger partial charge in [0.25, 0.3) is 11.5 Å². The van der Waals surface area contributed by atoms with Crippen LogP contribution in [-0.4, -0.2) is 51.8 Å². The number of morpholine rings is 1. The normalized spacial score (nSPS) is 19.6. The smallest absolute Gasteiger partial charge is 0.274 e. The minimum Gasteiger partial charge on any atom is -0.391 e. The number of rotatable bonds is 2. The van der Waals surface area contributed by atoms with Gasteiger partial charge in [0.2, 0.25) is 0 Å². The van der Waals surface area contributed by atoms with Crippen molar-refractivity contribution in [2.24, 2.45) is 5.73 Å². The fourth-order valence-electron chi connectivity index (χ4n) is 1.63. The number of nitrogens with two attached hydrogens (primary N) is 1. The molecule has 0 saturated carbocycles. The third-order valence-electron chi connectivity index (χ3n) is 2.57. The summed E-state index contributed by atoms with van der Waals surface area (Å²) in [4.78, 5) is 24.7. The summed E-state index contributed by atoms with van der Waals surface area (Å²) in [5, 5.41) is 5.91. The van der Waals surface area contributed by atoms with Gasteiger partial charge in [-0.15, -0.1) is 0 Å². The maximum absolute atomic E-state index is 12.1. The summed E-state index contributed by atoms with van der Waals surface area (Å²) in [7, 11) is 0. The molecule has 1 saturated heterocycles. The van der Waals surface area contributed by atoms with Crippen LogP contribution in [0.15, 0.2) is 16.9 Å². The van der Waals surface area contributed by atoms with Crippen LogP contribution >= 0.6 is 12.2 Å². The summed E-state index contributed by atoms with van der Waals surface area (Å²) in [5.41, 5.74) is 5.32. The molecule has 2 heterocycles. The second-order valence-corrected chi connectivity index (χ2v) is 4.29. The first-order valence-corrected chi connectivity index (χ1v) is 5.74. The zero-order valence-electron chi connectivity index (χ0n) is 9.46. The van der Waals surface area contributed by atoms with Crippen LogP contribution in [0.4, 0.5) is 0 Å². The van der Waals surface area contributed by atoms with E-state index in [2.05, 4.69) is 10.2 Å². The fraction of sp³-hybridized carbons (Fsp3) is 0.400. The van der Waals surface area contributed by atoms with Crippen molar-refractivity contribution in [1.29, 1.82) is 0 Å². The molecule has 1 aliphatic rings. The van der Waals surface area contributed by atoms with E-state index in [1.54, 1.807) is 4.90 Å². The largest absolute Gasteiger partial charge is 0.391 e. The monoisotopic (exact) mass is 268 g/mol. The van der Waals surface area contributed by atoms with Crippen molar-refractivity contribution in [3.05, 3.63) is 28.2 Å². The van der Waals surface area contributed by atoms with Gasteiger partial charge in [-0.05, 0) is 6.07 Å². The van der Waals surface area contributed by atoms with E-state index in [1.807, 2.05) is 0 Å². The van der Waals surface area contributed by atoms with E-state index in [4.69, 9.17) is 22.7 Å². The van der Waals surface area contributed by atoms with Crippen LogP contribution in [0.25, 0.3) is 0 Å². The van der Waals surface area contributed by atoms with Crippen LogP contribution in [0.5, 0.6) is 0 Å². The van der Waals surface area contributed by atoms with Crippen LogP contribution in [0.1, 0.15) is 10.5 Å². The molecule has 0 aliphatic carbocycles. The molecule has 1 aromatic rings. The predicted octanol–water partition coefficient (Wildman–Crippen LogP) is -1.10. The highest BCUT2D eigenvalue weighted by atomic mass is 32.1. The summed E-state index contributed by atoms with van der Waals surface area (Å²) in [6, 6.07) is 2.64. The van der Waals surface area contributed by atoms with E-state index in [1.165, 1.54) is 12.1 Å². The summed E-state index contributed by atoms with van der Waals surface area (Å²) in [5.74, 6) is -0.282. The Labute approximate surface area is 108 Å². The first-order valence-electron chi connectivity index (χ1n) is 5.34. The predicted molar refractivity (Wildman–Crippen MR) is 67.3 cm³/mol. The SMILES string of the molecule is NC(=S)C1CN(C(=O)c2ccc(=O)[nH]n2)CCO1. The van der Waals surface area contributed by atoms with Gasteiger partial charge in [0.15, 0.2) is 0 Å². The molecule has 0 spiro atoms. The molecule has 0 radical (unpaired) electrons. The Morgan fingerprint density at radius 3 is 3.00 bits per heavy atom. The molecular formula is C10H12N4O3S. The molecule has 7 nitrogen and oxygen atoms in total. The molecule has 2 rings (SSSR count). The van der Waals surface area contributed by atoms with Crippen LogP contribution in [0.3, 0.4) is 0 Å². The maximum atomic E-state index is 12.1. The van der Waals surface area contributed by atoms with Gasteiger partial charge in [-0.25, -0.2) is 5.10 Å². The molecule has 1 atom stereocenters. The van der Waals surface area contributed by atoms with Crippen molar-refractivity contribution < 1.29 is 9.53 Å². The number of amides is 1. The first-order chi connectivity index (χ1) is 8.58. The third-order valence-corrected chi connectivity index (χ3v) is 2.83. The number of hydrogen-bond acceptors (Lipinski definition) is 5. The Morgan fingerprint density at radius 1 is 1.61 bits per heavy atom. The zero-order valence-corrected chi connectivity index (χ0v) is 10.3. The van der Waals surface area contributed by atoms with E-state index in [9.17, 15) is 9.59 Å². The van der Waals surface area contributed by atoms with Crippen LogP contribution in [-0.2, 0) is 4.74 Å². The average Bonchev–Trinajstić information content (AvgIpc) is 2.39. The number of nitrogens with one attached hydrogen (secondary N) is 1. The zero-order chi connectivity index (χ0) is 13.1. The number of thiocarbonyl (C=S) groups is 1. The fourth-order valence-corrected chi connectivity index (χ4v) is 1.77. The molecule has 1 fully saturated rings. The summed E-state index contributed by atoms with van der Waals surface area (Å²) in [6.45, 7) is 1.12.